The van der Waals surface area contributed by atoms with Gasteiger partial charge in [0.15, 0.2) is 0 Å². The smallest absolute Gasteiger partial charge is 0.117 e. The van der Waals surface area contributed by atoms with Crippen molar-refractivity contribution in [1.82, 2.24) is 5.32 Å². The molecule has 1 heterocycles. The summed E-state index contributed by atoms with van der Waals surface area (Å²) in [4.78, 5) is 0. The zero-order valence-corrected chi connectivity index (χ0v) is 9.58. The van der Waals surface area contributed by atoms with Crippen molar-refractivity contribution >= 4 is 0 Å². The van der Waals surface area contributed by atoms with Gasteiger partial charge in [0.25, 0.3) is 0 Å². The number of furan rings is 1. The summed E-state index contributed by atoms with van der Waals surface area (Å²) in [6.45, 7) is 4.01. The van der Waals surface area contributed by atoms with Crippen LogP contribution in [0.25, 0.3) is 0 Å². The first-order valence-corrected chi connectivity index (χ1v) is 5.04. The first-order valence-electron chi connectivity index (χ1n) is 5.04. The van der Waals surface area contributed by atoms with Crippen molar-refractivity contribution in [2.75, 3.05) is 27.4 Å². The Balaban J connectivity index is 2.20. The lowest BCUT2D eigenvalue weighted by Crippen LogP contribution is -2.31. The van der Waals surface area contributed by atoms with Crippen LogP contribution >= 0.6 is 0 Å². The molecule has 0 saturated heterocycles. The van der Waals surface area contributed by atoms with Gasteiger partial charge in [-0.15, -0.1) is 0 Å². The summed E-state index contributed by atoms with van der Waals surface area (Å²) in [5.41, 5.74) is 0. The van der Waals surface area contributed by atoms with E-state index in [2.05, 4.69) is 5.32 Å². The number of nitrogens with one attached hydrogen (secondary N) is 1. The average Bonchev–Trinajstić information content (AvgIpc) is 2.63. The van der Waals surface area contributed by atoms with Gasteiger partial charge < -0.3 is 19.2 Å². The highest BCUT2D eigenvalue weighted by molar-refractivity contribution is 5.05. The van der Waals surface area contributed by atoms with Crippen LogP contribution in [0.5, 0.6) is 0 Å². The van der Waals surface area contributed by atoms with Crippen LogP contribution in [-0.4, -0.2) is 33.5 Å². The molecular formula is C11H19NO3. The summed E-state index contributed by atoms with van der Waals surface area (Å²) < 4.78 is 15.7. The van der Waals surface area contributed by atoms with Crippen LogP contribution in [0, 0.1) is 6.92 Å². The predicted octanol–water partition coefficient (Wildman–Crippen LogP) is 1.34. The van der Waals surface area contributed by atoms with Crippen LogP contribution in [-0.2, 0) is 16.0 Å². The number of aryl methyl sites for hydroxylation is 1. The van der Waals surface area contributed by atoms with Gasteiger partial charge in [0.1, 0.15) is 11.5 Å². The van der Waals surface area contributed by atoms with Crippen LogP contribution < -0.4 is 5.32 Å². The van der Waals surface area contributed by atoms with Crippen LogP contribution in [0.4, 0.5) is 0 Å². The summed E-state index contributed by atoms with van der Waals surface area (Å²) in [5.74, 6) is 1.88. The van der Waals surface area contributed by atoms with Crippen LogP contribution in [0.1, 0.15) is 11.5 Å². The van der Waals surface area contributed by atoms with E-state index in [1.807, 2.05) is 19.1 Å². The summed E-state index contributed by atoms with van der Waals surface area (Å²) >= 11 is 0. The molecule has 1 aromatic rings. The van der Waals surface area contributed by atoms with E-state index in [4.69, 9.17) is 13.9 Å². The van der Waals surface area contributed by atoms with Gasteiger partial charge in [0.2, 0.25) is 0 Å². The number of hydrogen-bond acceptors (Lipinski definition) is 4. The molecule has 1 rings (SSSR count). The quantitative estimate of drug-likeness (QED) is 0.742. The molecule has 0 aliphatic heterocycles. The number of hydrogen-bond donors (Lipinski definition) is 1. The Kier molecular flexibility index (Phi) is 5.39. The summed E-state index contributed by atoms with van der Waals surface area (Å²) in [6, 6.07) is 3.93. The monoisotopic (exact) mass is 213 g/mol. The minimum absolute atomic E-state index is 0.0889. The van der Waals surface area contributed by atoms with E-state index in [9.17, 15) is 0 Å². The maximum Gasteiger partial charge on any atom is 0.117 e. The highest BCUT2D eigenvalue weighted by Crippen LogP contribution is 2.05. The number of ether oxygens (including phenoxy) is 2. The van der Waals surface area contributed by atoms with Gasteiger partial charge in [-0.1, -0.05) is 0 Å². The average molecular weight is 213 g/mol. The predicted molar refractivity (Wildman–Crippen MR) is 57.8 cm³/mol. The van der Waals surface area contributed by atoms with E-state index < -0.39 is 0 Å². The molecule has 1 aromatic heterocycles. The standard InChI is InChI=1S/C11H19NO3/c1-9-4-5-10(15-9)6-12-7-11(14-3)8-13-2/h4-5,11-12H,6-8H2,1-3H3. The zero-order valence-electron chi connectivity index (χ0n) is 9.58. The lowest BCUT2D eigenvalue weighted by molar-refractivity contribution is 0.0285. The van der Waals surface area contributed by atoms with E-state index in [1.54, 1.807) is 14.2 Å². The fraction of sp³-hybridized carbons (Fsp3) is 0.636. The molecule has 0 spiro atoms. The van der Waals surface area contributed by atoms with Crippen molar-refractivity contribution in [2.24, 2.45) is 0 Å². The number of rotatable bonds is 7. The van der Waals surface area contributed by atoms with Gasteiger partial charge in [-0.25, -0.2) is 0 Å². The molecule has 4 heteroatoms. The van der Waals surface area contributed by atoms with Gasteiger partial charge in [0.05, 0.1) is 19.3 Å². The van der Waals surface area contributed by atoms with Gasteiger partial charge in [-0.05, 0) is 19.1 Å². The summed E-state index contributed by atoms with van der Waals surface area (Å²) in [7, 11) is 3.35. The first kappa shape index (κ1) is 12.2. The molecule has 1 atom stereocenters. The molecule has 0 aliphatic carbocycles. The largest absolute Gasteiger partial charge is 0.465 e. The van der Waals surface area contributed by atoms with Crippen molar-refractivity contribution in [1.29, 1.82) is 0 Å². The maximum atomic E-state index is 5.42. The Morgan fingerprint density at radius 3 is 2.73 bits per heavy atom. The molecule has 1 unspecified atom stereocenters. The van der Waals surface area contributed by atoms with E-state index in [-0.39, 0.29) is 6.10 Å². The minimum Gasteiger partial charge on any atom is -0.465 e. The Morgan fingerprint density at radius 1 is 1.40 bits per heavy atom. The molecule has 0 amide bonds. The lowest BCUT2D eigenvalue weighted by Gasteiger charge is -2.14. The second-order valence-electron chi connectivity index (χ2n) is 3.46. The first-order chi connectivity index (χ1) is 7.26. The molecule has 0 aliphatic rings. The highest BCUT2D eigenvalue weighted by Gasteiger charge is 2.06. The maximum absolute atomic E-state index is 5.42. The highest BCUT2D eigenvalue weighted by atomic mass is 16.5. The molecular weight excluding hydrogens is 194 g/mol. The molecule has 0 saturated carbocycles. The van der Waals surface area contributed by atoms with Crippen molar-refractivity contribution in [3.63, 3.8) is 0 Å². The van der Waals surface area contributed by atoms with Crippen LogP contribution in [0.15, 0.2) is 16.5 Å². The Bertz CT molecular complexity index is 273. The third-order valence-corrected chi connectivity index (χ3v) is 2.15. The topological polar surface area (TPSA) is 43.6 Å². The van der Waals surface area contributed by atoms with Crippen molar-refractivity contribution in [3.8, 4) is 0 Å². The zero-order chi connectivity index (χ0) is 11.1. The normalized spacial score (nSPS) is 13.0. The Morgan fingerprint density at radius 2 is 2.20 bits per heavy atom. The van der Waals surface area contributed by atoms with Crippen molar-refractivity contribution in [3.05, 3.63) is 23.7 Å². The Hall–Kier alpha value is -0.840. The SMILES string of the molecule is COCC(CNCc1ccc(C)o1)OC. The molecule has 1 N–H and O–H groups in total. The fourth-order valence-corrected chi connectivity index (χ4v) is 1.33. The molecule has 0 fully saturated rings. The summed E-state index contributed by atoms with van der Waals surface area (Å²) in [6.07, 6.45) is 0.0889. The third kappa shape index (κ3) is 4.46. The minimum atomic E-state index is 0.0889. The molecule has 0 bridgehead atoms. The van der Waals surface area contributed by atoms with E-state index in [0.29, 0.717) is 6.61 Å². The van der Waals surface area contributed by atoms with E-state index in [0.717, 1.165) is 24.6 Å². The fourth-order valence-electron chi connectivity index (χ4n) is 1.33. The van der Waals surface area contributed by atoms with Crippen LogP contribution in [0.3, 0.4) is 0 Å². The van der Waals surface area contributed by atoms with Crippen molar-refractivity contribution < 1.29 is 13.9 Å². The van der Waals surface area contributed by atoms with Crippen LogP contribution in [0.2, 0.25) is 0 Å². The van der Waals surface area contributed by atoms with E-state index >= 15 is 0 Å². The van der Waals surface area contributed by atoms with Crippen molar-refractivity contribution in [2.45, 2.75) is 19.6 Å². The van der Waals surface area contributed by atoms with E-state index in [1.165, 1.54) is 0 Å². The second kappa shape index (κ2) is 6.61. The molecule has 0 radical (unpaired) electrons. The molecule has 86 valence electrons. The second-order valence-corrected chi connectivity index (χ2v) is 3.46. The van der Waals surface area contributed by atoms with Gasteiger partial charge in [0, 0.05) is 20.8 Å². The van der Waals surface area contributed by atoms with Gasteiger partial charge in [-0.2, -0.15) is 0 Å². The lowest BCUT2D eigenvalue weighted by atomic mass is 10.3. The van der Waals surface area contributed by atoms with Gasteiger partial charge in [-0.3, -0.25) is 0 Å². The molecule has 4 nitrogen and oxygen atoms in total. The number of methoxy groups -OCH3 is 2. The Labute approximate surface area is 90.6 Å². The molecule has 15 heavy (non-hydrogen) atoms. The summed E-state index contributed by atoms with van der Waals surface area (Å²) in [5, 5.41) is 3.25. The third-order valence-electron chi connectivity index (χ3n) is 2.15. The van der Waals surface area contributed by atoms with Gasteiger partial charge >= 0.3 is 0 Å². The molecule has 0 aromatic carbocycles.